The number of nitrogens with one attached hydrogen (secondary N) is 1. The quantitative estimate of drug-likeness (QED) is 0.688. The maximum Gasteiger partial charge on any atom is 0.280 e. The molecule has 0 saturated carbocycles. The number of thiazole rings is 1. The smallest absolute Gasteiger partial charge is 0.280 e. The molecule has 0 aliphatic carbocycles. The lowest BCUT2D eigenvalue weighted by Gasteiger charge is -1.90. The van der Waals surface area contributed by atoms with E-state index in [1.165, 1.54) is 20.2 Å². The molecule has 1 heterocycles. The third-order valence-corrected chi connectivity index (χ3v) is 2.37. The number of Topliss-reactive ketones (excluding diaryl/α,β-unsaturated/α-hetero) is 1. The SMILES string of the molecule is CNC(=O)c1ncc(C(C)=O)s1. The van der Waals surface area contributed by atoms with Gasteiger partial charge in [-0.25, -0.2) is 4.98 Å². The van der Waals surface area contributed by atoms with Crippen molar-refractivity contribution in [3.05, 3.63) is 16.1 Å². The number of nitrogens with zero attached hydrogens (tertiary/aromatic N) is 1. The Morgan fingerprint density at radius 1 is 1.58 bits per heavy atom. The van der Waals surface area contributed by atoms with E-state index in [1.807, 2.05) is 0 Å². The summed E-state index contributed by atoms with van der Waals surface area (Å²) in [7, 11) is 1.52. The minimum Gasteiger partial charge on any atom is -0.353 e. The van der Waals surface area contributed by atoms with Gasteiger partial charge in [-0.05, 0) is 0 Å². The first-order valence-corrected chi connectivity index (χ1v) is 4.15. The highest BCUT2D eigenvalue weighted by molar-refractivity contribution is 7.15. The van der Waals surface area contributed by atoms with Gasteiger partial charge < -0.3 is 5.32 Å². The first kappa shape index (κ1) is 8.86. The zero-order chi connectivity index (χ0) is 9.14. The summed E-state index contributed by atoms with van der Waals surface area (Å²) >= 11 is 1.10. The van der Waals surface area contributed by atoms with Crippen LogP contribution in [0.4, 0.5) is 0 Å². The van der Waals surface area contributed by atoms with Crippen LogP contribution in [-0.4, -0.2) is 23.7 Å². The van der Waals surface area contributed by atoms with Gasteiger partial charge in [-0.2, -0.15) is 0 Å². The molecule has 0 saturated heterocycles. The van der Waals surface area contributed by atoms with E-state index >= 15 is 0 Å². The molecule has 1 rings (SSSR count). The van der Waals surface area contributed by atoms with Crippen LogP contribution >= 0.6 is 11.3 Å². The Hall–Kier alpha value is -1.23. The van der Waals surface area contributed by atoms with Crippen molar-refractivity contribution >= 4 is 23.0 Å². The standard InChI is InChI=1S/C7H8N2O2S/c1-4(10)5-3-9-7(12-5)6(11)8-2/h3H,1-2H3,(H,8,11). The molecule has 0 unspecified atom stereocenters. The highest BCUT2D eigenvalue weighted by Gasteiger charge is 2.10. The molecule has 0 aromatic carbocycles. The number of hydrogen-bond acceptors (Lipinski definition) is 4. The van der Waals surface area contributed by atoms with Gasteiger partial charge in [0.15, 0.2) is 10.8 Å². The number of carbonyl (C=O) groups excluding carboxylic acids is 2. The Balaban J connectivity index is 2.91. The Morgan fingerprint density at radius 2 is 2.25 bits per heavy atom. The predicted octanol–water partition coefficient (Wildman–Crippen LogP) is 0.705. The zero-order valence-corrected chi connectivity index (χ0v) is 7.57. The summed E-state index contributed by atoms with van der Waals surface area (Å²) in [6.07, 6.45) is 1.41. The molecule has 0 spiro atoms. The third kappa shape index (κ3) is 1.68. The topological polar surface area (TPSA) is 59.1 Å². The average Bonchev–Trinajstić information content (AvgIpc) is 2.51. The van der Waals surface area contributed by atoms with Crippen molar-refractivity contribution in [2.45, 2.75) is 6.92 Å². The van der Waals surface area contributed by atoms with Crippen LogP contribution in [0.25, 0.3) is 0 Å². The van der Waals surface area contributed by atoms with Gasteiger partial charge in [-0.15, -0.1) is 11.3 Å². The van der Waals surface area contributed by atoms with E-state index in [1.54, 1.807) is 0 Å². The molecular weight excluding hydrogens is 176 g/mol. The highest BCUT2D eigenvalue weighted by atomic mass is 32.1. The number of rotatable bonds is 2. The first-order valence-electron chi connectivity index (χ1n) is 3.34. The molecule has 1 aromatic heterocycles. The Kier molecular flexibility index (Phi) is 2.54. The second-order valence-electron chi connectivity index (χ2n) is 2.16. The average molecular weight is 184 g/mol. The molecule has 1 aromatic rings. The summed E-state index contributed by atoms with van der Waals surface area (Å²) in [5, 5.41) is 2.75. The van der Waals surface area contributed by atoms with E-state index in [4.69, 9.17) is 0 Å². The summed E-state index contributed by atoms with van der Waals surface area (Å²) in [6, 6.07) is 0. The first-order chi connectivity index (χ1) is 5.65. The van der Waals surface area contributed by atoms with Crippen molar-refractivity contribution in [3.8, 4) is 0 Å². The van der Waals surface area contributed by atoms with Crippen LogP contribution in [0, 0.1) is 0 Å². The lowest BCUT2D eigenvalue weighted by molar-refractivity contribution is 0.0961. The van der Waals surface area contributed by atoms with Crippen molar-refractivity contribution < 1.29 is 9.59 Å². The maximum atomic E-state index is 11.0. The summed E-state index contributed by atoms with van der Waals surface area (Å²) < 4.78 is 0. The minimum atomic E-state index is -0.257. The van der Waals surface area contributed by atoms with Gasteiger partial charge in [0.1, 0.15) is 0 Å². The second-order valence-corrected chi connectivity index (χ2v) is 3.20. The van der Waals surface area contributed by atoms with Crippen LogP contribution in [0.2, 0.25) is 0 Å². The van der Waals surface area contributed by atoms with Crippen LogP contribution in [0.3, 0.4) is 0 Å². The molecule has 4 nitrogen and oxygen atoms in total. The number of hydrogen-bond donors (Lipinski definition) is 1. The van der Waals surface area contributed by atoms with Crippen molar-refractivity contribution in [1.82, 2.24) is 10.3 Å². The molecule has 0 atom stereocenters. The van der Waals surface area contributed by atoms with Gasteiger partial charge in [-0.1, -0.05) is 0 Å². The van der Waals surface area contributed by atoms with Gasteiger partial charge in [0.2, 0.25) is 0 Å². The third-order valence-electron chi connectivity index (χ3n) is 1.27. The fourth-order valence-electron chi connectivity index (χ4n) is 0.649. The molecule has 1 amide bonds. The molecule has 0 bridgehead atoms. The van der Waals surface area contributed by atoms with Gasteiger partial charge in [-0.3, -0.25) is 9.59 Å². The van der Waals surface area contributed by atoms with Crippen molar-refractivity contribution in [2.75, 3.05) is 7.05 Å². The number of ketones is 1. The Morgan fingerprint density at radius 3 is 2.67 bits per heavy atom. The molecule has 1 N–H and O–H groups in total. The summed E-state index contributed by atoms with van der Waals surface area (Å²) in [4.78, 5) is 26.1. The molecule has 0 aliphatic rings. The predicted molar refractivity (Wildman–Crippen MR) is 45.5 cm³/mol. The lowest BCUT2D eigenvalue weighted by atomic mass is 10.4. The molecule has 64 valence electrons. The number of amides is 1. The van der Waals surface area contributed by atoms with Gasteiger partial charge in [0.25, 0.3) is 5.91 Å². The van der Waals surface area contributed by atoms with Crippen LogP contribution < -0.4 is 5.32 Å². The summed E-state index contributed by atoms with van der Waals surface area (Å²) in [5.74, 6) is -0.324. The fraction of sp³-hybridized carbons (Fsp3) is 0.286. The lowest BCUT2D eigenvalue weighted by Crippen LogP contribution is -2.17. The van der Waals surface area contributed by atoms with E-state index < -0.39 is 0 Å². The summed E-state index contributed by atoms with van der Waals surface area (Å²) in [5.41, 5.74) is 0. The molecular formula is C7H8N2O2S. The molecule has 0 radical (unpaired) electrons. The van der Waals surface area contributed by atoms with Crippen molar-refractivity contribution in [2.24, 2.45) is 0 Å². The van der Waals surface area contributed by atoms with E-state index in [0.29, 0.717) is 9.88 Å². The van der Waals surface area contributed by atoms with E-state index in [9.17, 15) is 9.59 Å². The van der Waals surface area contributed by atoms with Crippen LogP contribution in [0.15, 0.2) is 6.20 Å². The highest BCUT2D eigenvalue weighted by Crippen LogP contribution is 2.12. The van der Waals surface area contributed by atoms with Crippen LogP contribution in [0.5, 0.6) is 0 Å². The molecule has 12 heavy (non-hydrogen) atoms. The fourth-order valence-corrected chi connectivity index (χ4v) is 1.41. The number of carbonyl (C=O) groups is 2. The van der Waals surface area contributed by atoms with E-state index in [2.05, 4.69) is 10.3 Å². The second kappa shape index (κ2) is 3.44. The normalized spacial score (nSPS) is 9.50. The monoisotopic (exact) mass is 184 g/mol. The van der Waals surface area contributed by atoms with E-state index in [-0.39, 0.29) is 11.7 Å². The largest absolute Gasteiger partial charge is 0.353 e. The Bertz CT molecular complexity index is 319. The van der Waals surface area contributed by atoms with Crippen molar-refractivity contribution in [3.63, 3.8) is 0 Å². The molecule has 0 fully saturated rings. The van der Waals surface area contributed by atoms with Crippen LogP contribution in [-0.2, 0) is 0 Å². The van der Waals surface area contributed by atoms with Crippen molar-refractivity contribution in [1.29, 1.82) is 0 Å². The Labute approximate surface area is 73.6 Å². The minimum absolute atomic E-state index is 0.0670. The summed E-state index contributed by atoms with van der Waals surface area (Å²) in [6.45, 7) is 1.45. The van der Waals surface area contributed by atoms with E-state index in [0.717, 1.165) is 11.3 Å². The van der Waals surface area contributed by atoms with Crippen LogP contribution in [0.1, 0.15) is 26.4 Å². The van der Waals surface area contributed by atoms with Gasteiger partial charge in [0, 0.05) is 20.2 Å². The maximum absolute atomic E-state index is 11.0. The zero-order valence-electron chi connectivity index (χ0n) is 6.75. The molecule has 5 heteroatoms. The van der Waals surface area contributed by atoms with Gasteiger partial charge in [0.05, 0.1) is 4.88 Å². The number of aromatic nitrogens is 1. The molecule has 0 aliphatic heterocycles. The van der Waals surface area contributed by atoms with Gasteiger partial charge >= 0.3 is 0 Å².